The van der Waals surface area contributed by atoms with E-state index in [-0.39, 0.29) is 11.3 Å². The molecule has 0 saturated carbocycles. The molecule has 0 aromatic heterocycles. The van der Waals surface area contributed by atoms with E-state index in [9.17, 15) is 29.4 Å². The molecule has 2 aliphatic rings. The largest absolute Gasteiger partial charge is 0.480 e. The summed E-state index contributed by atoms with van der Waals surface area (Å²) < 4.78 is 0. The number of amides is 2. The molecule has 27 heavy (non-hydrogen) atoms. The number of thioether (sulfide) groups is 1. The van der Waals surface area contributed by atoms with Crippen molar-refractivity contribution in [3.8, 4) is 0 Å². The number of halogens is 1. The van der Waals surface area contributed by atoms with Gasteiger partial charge in [-0.05, 0) is 30.2 Å². The number of carbonyl (C=O) groups excluding carboxylic acids is 2. The number of β-lactam (4-membered cyclic amide) rings is 1. The molecular formula is C17H15ClN2O6S. The van der Waals surface area contributed by atoms with Crippen molar-refractivity contribution < 1.29 is 29.4 Å². The highest BCUT2D eigenvalue weighted by Crippen LogP contribution is 2.40. The number of carboxylic acids is 2. The lowest BCUT2D eigenvalue weighted by Crippen LogP contribution is -2.70. The number of nitrogens with zero attached hydrogens (tertiary/aromatic N) is 1. The first-order chi connectivity index (χ1) is 12.7. The van der Waals surface area contributed by atoms with Gasteiger partial charge >= 0.3 is 11.9 Å². The first kappa shape index (κ1) is 19.2. The number of fused-ring (bicyclic) bond motifs is 1. The molecule has 142 valence electrons. The zero-order chi connectivity index (χ0) is 19.9. The average Bonchev–Trinajstić information content (AvgIpc) is 2.60. The van der Waals surface area contributed by atoms with Crippen LogP contribution < -0.4 is 5.32 Å². The Morgan fingerprint density at radius 1 is 1.26 bits per heavy atom. The molecule has 3 N–H and O–H groups in total. The van der Waals surface area contributed by atoms with Gasteiger partial charge in [0.05, 0.1) is 0 Å². The summed E-state index contributed by atoms with van der Waals surface area (Å²) >= 11 is 7.10. The Bertz CT molecular complexity index is 869. The quantitative estimate of drug-likeness (QED) is 0.493. The fraction of sp³-hybridized carbons (Fsp3) is 0.294. The van der Waals surface area contributed by atoms with Gasteiger partial charge in [-0.3, -0.25) is 19.3 Å². The van der Waals surface area contributed by atoms with Crippen molar-refractivity contribution in [3.63, 3.8) is 0 Å². The number of carbonyl (C=O) groups is 4. The van der Waals surface area contributed by atoms with E-state index in [0.717, 1.165) is 4.90 Å². The van der Waals surface area contributed by atoms with Crippen molar-refractivity contribution in [2.24, 2.45) is 0 Å². The van der Waals surface area contributed by atoms with Gasteiger partial charge in [0.2, 0.25) is 5.91 Å². The summed E-state index contributed by atoms with van der Waals surface area (Å²) in [7, 11) is 0. The molecule has 8 nitrogen and oxygen atoms in total. The summed E-state index contributed by atoms with van der Waals surface area (Å²) in [4.78, 5) is 49.1. The van der Waals surface area contributed by atoms with E-state index < -0.39 is 41.1 Å². The van der Waals surface area contributed by atoms with Crippen molar-refractivity contribution in [2.45, 2.75) is 24.3 Å². The van der Waals surface area contributed by atoms with Crippen molar-refractivity contribution >= 4 is 47.1 Å². The molecule has 2 unspecified atom stereocenters. The van der Waals surface area contributed by atoms with Crippen molar-refractivity contribution in [3.05, 3.63) is 46.1 Å². The molecule has 0 radical (unpaired) electrons. The summed E-state index contributed by atoms with van der Waals surface area (Å²) in [5, 5.41) is 21.0. The summed E-state index contributed by atoms with van der Waals surface area (Å²) in [6, 6.07) is 4.83. The molecule has 2 aliphatic heterocycles. The van der Waals surface area contributed by atoms with Gasteiger partial charge in [-0.25, -0.2) is 4.79 Å². The number of aliphatic carboxylic acids is 2. The van der Waals surface area contributed by atoms with Crippen molar-refractivity contribution in [1.82, 2.24) is 10.2 Å². The first-order valence-electron chi connectivity index (χ1n) is 7.88. The van der Waals surface area contributed by atoms with E-state index in [0.29, 0.717) is 16.3 Å². The van der Waals surface area contributed by atoms with Gasteiger partial charge in [-0.1, -0.05) is 23.7 Å². The molecule has 2 amide bonds. The summed E-state index contributed by atoms with van der Waals surface area (Å²) in [5.74, 6) is -5.09. The van der Waals surface area contributed by atoms with Gasteiger partial charge in [-0.2, -0.15) is 0 Å². The predicted octanol–water partition coefficient (Wildman–Crippen LogP) is 1.27. The number of hydrogen-bond donors (Lipinski definition) is 3. The Labute approximate surface area is 163 Å². The third kappa shape index (κ3) is 3.40. The van der Waals surface area contributed by atoms with E-state index in [1.807, 2.05) is 0 Å². The van der Waals surface area contributed by atoms with Crippen LogP contribution in [0.15, 0.2) is 35.5 Å². The Morgan fingerprint density at radius 3 is 2.44 bits per heavy atom. The topological polar surface area (TPSA) is 124 Å². The molecule has 3 rings (SSSR count). The Balaban J connectivity index is 1.78. The van der Waals surface area contributed by atoms with E-state index in [4.69, 9.17) is 11.6 Å². The SMILES string of the molecule is CC1=C(C(=O)O)N2C(=O)C(NC(=O)C(C(=O)O)c3ccc(Cl)cc3)[C@H]2SC1. The number of benzene rings is 1. The summed E-state index contributed by atoms with van der Waals surface area (Å²) in [6.45, 7) is 1.63. The highest BCUT2D eigenvalue weighted by Gasteiger charge is 2.54. The minimum Gasteiger partial charge on any atom is -0.480 e. The van der Waals surface area contributed by atoms with Gasteiger partial charge in [-0.15, -0.1) is 11.8 Å². The van der Waals surface area contributed by atoms with Crippen LogP contribution in [0.2, 0.25) is 5.02 Å². The Morgan fingerprint density at radius 2 is 1.89 bits per heavy atom. The van der Waals surface area contributed by atoms with Crippen LogP contribution in [0, 0.1) is 0 Å². The monoisotopic (exact) mass is 410 g/mol. The van der Waals surface area contributed by atoms with Gasteiger partial charge in [0.1, 0.15) is 17.1 Å². The molecule has 10 heteroatoms. The van der Waals surface area contributed by atoms with Crippen LogP contribution in [-0.4, -0.2) is 56.0 Å². The smallest absolute Gasteiger partial charge is 0.352 e. The van der Waals surface area contributed by atoms with Crippen LogP contribution in [0.25, 0.3) is 0 Å². The van der Waals surface area contributed by atoms with E-state index >= 15 is 0 Å². The molecule has 0 bridgehead atoms. The lowest BCUT2D eigenvalue weighted by molar-refractivity contribution is -0.152. The standard InChI is InChI=1S/C17H15ClN2O6S/c1-7-6-27-15-11(14(22)20(15)12(7)17(25)26)19-13(21)10(16(23)24)8-2-4-9(18)5-3-8/h2-5,10-11,15H,6H2,1H3,(H,19,21)(H,23,24)(H,25,26)/t10?,11?,15-/m1/s1. The Kier molecular flexibility index (Phi) is 5.16. The van der Waals surface area contributed by atoms with Crippen LogP contribution in [0.3, 0.4) is 0 Å². The molecule has 0 spiro atoms. The average molecular weight is 411 g/mol. The second kappa shape index (κ2) is 7.24. The summed E-state index contributed by atoms with van der Waals surface area (Å²) in [6.07, 6.45) is 0. The first-order valence-corrected chi connectivity index (χ1v) is 9.31. The molecule has 1 aromatic carbocycles. The maximum absolute atomic E-state index is 12.5. The zero-order valence-electron chi connectivity index (χ0n) is 14.0. The van der Waals surface area contributed by atoms with Crippen molar-refractivity contribution in [2.75, 3.05) is 5.75 Å². The van der Waals surface area contributed by atoms with Gasteiger partial charge in [0.25, 0.3) is 5.91 Å². The normalized spacial score (nSPS) is 22.6. The maximum Gasteiger partial charge on any atom is 0.352 e. The van der Waals surface area contributed by atoms with Crippen LogP contribution in [0.4, 0.5) is 0 Å². The molecule has 1 aromatic rings. The third-order valence-corrected chi connectivity index (χ3v) is 6.05. The lowest BCUT2D eigenvalue weighted by atomic mass is 9.96. The molecule has 1 saturated heterocycles. The fourth-order valence-electron chi connectivity index (χ4n) is 3.07. The second-order valence-electron chi connectivity index (χ2n) is 6.15. The molecule has 2 heterocycles. The third-order valence-electron chi connectivity index (χ3n) is 4.37. The second-order valence-corrected chi connectivity index (χ2v) is 7.69. The highest BCUT2D eigenvalue weighted by molar-refractivity contribution is 8.00. The Hall–Kier alpha value is -2.52. The number of rotatable bonds is 5. The molecule has 0 aliphatic carbocycles. The molecule has 3 atom stereocenters. The fourth-order valence-corrected chi connectivity index (χ4v) is 4.49. The lowest BCUT2D eigenvalue weighted by Gasteiger charge is -2.49. The molecular weight excluding hydrogens is 396 g/mol. The van der Waals surface area contributed by atoms with Gasteiger partial charge < -0.3 is 15.5 Å². The van der Waals surface area contributed by atoms with E-state index in [1.54, 1.807) is 6.92 Å². The maximum atomic E-state index is 12.5. The van der Waals surface area contributed by atoms with Crippen LogP contribution in [0.1, 0.15) is 18.4 Å². The highest BCUT2D eigenvalue weighted by atomic mass is 35.5. The van der Waals surface area contributed by atoms with E-state index in [2.05, 4.69) is 5.32 Å². The minimum atomic E-state index is -1.51. The minimum absolute atomic E-state index is 0.0817. The number of hydrogen-bond acceptors (Lipinski definition) is 5. The zero-order valence-corrected chi connectivity index (χ0v) is 15.6. The van der Waals surface area contributed by atoms with Crippen LogP contribution in [0.5, 0.6) is 0 Å². The van der Waals surface area contributed by atoms with Gasteiger partial charge in [0, 0.05) is 10.8 Å². The number of carboxylic acid groups (broad SMARTS) is 2. The van der Waals surface area contributed by atoms with Crippen LogP contribution >= 0.6 is 23.4 Å². The molecule has 1 fully saturated rings. The predicted molar refractivity (Wildman–Crippen MR) is 97.2 cm³/mol. The summed E-state index contributed by atoms with van der Waals surface area (Å²) in [5.41, 5.74) is 0.708. The van der Waals surface area contributed by atoms with Gasteiger partial charge in [0.15, 0.2) is 5.92 Å². The van der Waals surface area contributed by atoms with E-state index in [1.165, 1.54) is 36.0 Å². The number of nitrogens with one attached hydrogen (secondary N) is 1. The van der Waals surface area contributed by atoms with Crippen LogP contribution in [-0.2, 0) is 19.2 Å². The van der Waals surface area contributed by atoms with Crippen molar-refractivity contribution in [1.29, 1.82) is 0 Å².